The molecule has 0 spiro atoms. The number of quaternary nitrogens is 2. The van der Waals surface area contributed by atoms with Gasteiger partial charge in [-0.05, 0) is 101 Å². The van der Waals surface area contributed by atoms with Crippen LogP contribution < -0.4 is 45.3 Å². The average molecular weight is 1710 g/mol. The lowest BCUT2D eigenvalue weighted by atomic mass is 9.98. The zero-order valence-electron chi connectivity index (χ0n) is 72.3. The predicted octanol–water partition coefficient (Wildman–Crippen LogP) is 9.95. The predicted molar refractivity (Wildman–Crippen MR) is 478 cm³/mol. The van der Waals surface area contributed by atoms with Gasteiger partial charge in [0.05, 0.1) is 90.6 Å². The molecule has 12 rings (SSSR count). The molecule has 0 saturated heterocycles. The minimum atomic E-state index is -1.45. The standard InChI is InChI=1S/C19H24N6O2.2C17H17N5O2.C17H15N5O.C15H20N2O2.C4H4N4.H2O/c1-6-25(13(2)26)15-9-7-8-14(10-15)17(27)11-18(24(4)5)22-19-16(20-3)12-21-23-19;1-3-21(12(2)23)15-6-4-5-14(9-15)17(24)7-8-19-16-13(10-18)11-20-22(16)17;1-4-22(12(2)23)14-7-5-6-13(10-14)16(24)8-9-19-17-15(18-3)11-20-21-17;1-3-21(12(2)23)15-6-4-5-13(9-15)16-7-8-19-17-14(10-18)11-20-22(16)17;1-5-17(12(2)18)14-8-6-7-13(11-14)15(19)9-10-16(3)4;5-1-3-2-7-8-4(3)6;/h7-10,12,18H,6,11H2,1-2,4-5H3,(H2,21,22,23);4-6,8-9,11,24H,3,7H2,1-2H3;5-7,9-11H,4,8H2,1-2H3,(H,20,21);4-9,11H,3H2,1-2H3;6-11H,5H2,1-4H3;2H,(H3,6,7,8);1H2/p+1/b;;;;10-9+;;. The zero-order valence-corrected chi connectivity index (χ0v) is 72.3. The number of allylic oxidation sites excluding steroid dienone is 1. The number of aliphatic imine (C=N–C) groups is 2. The first-order valence-electron chi connectivity index (χ1n) is 39.5. The van der Waals surface area contributed by atoms with Crippen molar-refractivity contribution >= 4 is 128 Å². The lowest BCUT2D eigenvalue weighted by Crippen LogP contribution is -3.11. The Kier molecular flexibility index (Phi) is 37.4. The second-order valence-electron chi connectivity index (χ2n) is 27.9. The minimum Gasteiger partial charge on any atom is -0.870 e. The fraction of sp³-hybridized carbons (Fsp3) is 0.270. The van der Waals surface area contributed by atoms with Gasteiger partial charge in [0.1, 0.15) is 46.5 Å². The summed E-state index contributed by atoms with van der Waals surface area (Å²) in [5.41, 5.74) is 13.8. The second-order valence-corrected chi connectivity index (χ2v) is 27.9. The number of H-pyrrole nitrogens is 3. The molecule has 0 saturated carbocycles. The summed E-state index contributed by atoms with van der Waals surface area (Å²) < 4.78 is 3.00. The van der Waals surface area contributed by atoms with Gasteiger partial charge in [0.2, 0.25) is 40.9 Å². The Hall–Kier alpha value is -16.1. The Balaban J connectivity index is 0.000000238. The average Bonchev–Trinajstić information content (AvgIpc) is 1.58. The molecule has 650 valence electrons. The molecule has 2 atom stereocenters. The number of aromatic amines is 3. The molecule has 5 aromatic carbocycles. The van der Waals surface area contributed by atoms with Gasteiger partial charge in [-0.1, -0.05) is 60.7 Å². The SMILES string of the molecule is CCN(C(C)=O)c1cccc(-c2ccnc3c(C#N)cnn23)c1.CCN(C(C)=O)c1cccc(C(=O)/C=C/[NH+](C)C)c1.CCN(C(C)=O)c1cccc(C2(O)CC=Nc3c(C#N)cnn32)c1.N#Cc1cn[nH]c1N.[C-]#[N+]c1cn[nH]c1N=CCC(=O)c1cccc(N(CC)C(C)=O)c1.[C-]#[N+]c1cn[nH]c1NC(CC(=O)c1cccc(N(CC)C(C)=O)c1)[NH+](C)C.[OH-]. The van der Waals surface area contributed by atoms with Crippen molar-refractivity contribution in [1.29, 1.82) is 15.8 Å². The first kappa shape index (κ1) is 98.7. The summed E-state index contributed by atoms with van der Waals surface area (Å²) in [6.45, 7) is 34.0. The summed E-state index contributed by atoms with van der Waals surface area (Å²) in [5, 5.41) is 68.1. The molecule has 10 N–H and O–H groups in total. The molecule has 126 heavy (non-hydrogen) atoms. The first-order valence-corrected chi connectivity index (χ1v) is 39.5. The van der Waals surface area contributed by atoms with E-state index in [4.69, 9.17) is 34.7 Å². The van der Waals surface area contributed by atoms with E-state index < -0.39 is 5.72 Å². The summed E-state index contributed by atoms with van der Waals surface area (Å²) in [4.78, 5) is 125. The van der Waals surface area contributed by atoms with Crippen LogP contribution in [0.5, 0.6) is 0 Å². The molecule has 5 amide bonds. The van der Waals surface area contributed by atoms with Crippen molar-refractivity contribution in [3.05, 3.63) is 239 Å². The lowest BCUT2D eigenvalue weighted by molar-refractivity contribution is -0.880. The molecule has 2 unspecified atom stereocenters. The van der Waals surface area contributed by atoms with E-state index in [1.807, 2.05) is 123 Å². The van der Waals surface area contributed by atoms with Crippen molar-refractivity contribution in [1.82, 2.24) is 55.0 Å². The van der Waals surface area contributed by atoms with E-state index in [2.05, 4.69) is 76.8 Å². The number of carbonyl (C=O) groups excluding carboxylic acids is 8. The van der Waals surface area contributed by atoms with E-state index in [1.165, 1.54) is 69.6 Å². The number of amides is 5. The number of rotatable bonds is 25. The molecule has 7 heterocycles. The van der Waals surface area contributed by atoms with Crippen molar-refractivity contribution in [2.45, 2.75) is 100 Å². The maximum Gasteiger partial charge on any atom is 0.249 e. The van der Waals surface area contributed by atoms with Crippen molar-refractivity contribution in [3.63, 3.8) is 0 Å². The zero-order chi connectivity index (χ0) is 91.6. The number of nitrogens with zero attached hydrogens (tertiary/aromatic N) is 20. The third-order valence-corrected chi connectivity index (χ3v) is 19.0. The van der Waals surface area contributed by atoms with Gasteiger partial charge in [0.25, 0.3) is 0 Å². The van der Waals surface area contributed by atoms with Crippen molar-refractivity contribution < 1.29 is 58.7 Å². The Morgan fingerprint density at radius 3 is 1.57 bits per heavy atom. The smallest absolute Gasteiger partial charge is 0.249 e. The van der Waals surface area contributed by atoms with E-state index >= 15 is 0 Å². The van der Waals surface area contributed by atoms with Crippen LogP contribution in [0.3, 0.4) is 0 Å². The highest BCUT2D eigenvalue weighted by Gasteiger charge is 2.38. The molecule has 0 fully saturated rings. The van der Waals surface area contributed by atoms with E-state index in [1.54, 1.807) is 139 Å². The van der Waals surface area contributed by atoms with Crippen LogP contribution in [0.15, 0.2) is 187 Å². The number of Topliss-reactive ketones (excluding diaryl/α,β-unsaturated/α-hetero) is 2. The van der Waals surface area contributed by atoms with Crippen LogP contribution in [0, 0.1) is 47.1 Å². The van der Waals surface area contributed by atoms with Gasteiger partial charge in [-0.2, -0.15) is 41.3 Å². The number of fused-ring (bicyclic) bond motifs is 2. The molecule has 37 heteroatoms. The van der Waals surface area contributed by atoms with Crippen molar-refractivity contribution in [2.75, 3.05) is 96.5 Å². The number of anilines is 7. The Morgan fingerprint density at radius 1 is 0.603 bits per heavy atom. The number of hydrogen-bond donors (Lipinski definition) is 8. The number of benzene rings is 5. The van der Waals surface area contributed by atoms with Gasteiger partial charge in [-0.25, -0.2) is 28.9 Å². The van der Waals surface area contributed by atoms with Gasteiger partial charge in [-0.3, -0.25) is 58.6 Å². The maximum atomic E-state index is 12.8. The Bertz CT molecular complexity index is 5970. The van der Waals surface area contributed by atoms with Crippen LogP contribution in [0.2, 0.25) is 0 Å². The lowest BCUT2D eigenvalue weighted by Gasteiger charge is -2.32. The number of aliphatic hydroxyl groups is 1. The molecule has 0 radical (unpaired) electrons. The van der Waals surface area contributed by atoms with Gasteiger partial charge in [-0.15, -0.1) is 0 Å². The highest BCUT2D eigenvalue weighted by Crippen LogP contribution is 2.37. The highest BCUT2D eigenvalue weighted by molar-refractivity contribution is 6.06. The number of nitrogen functional groups attached to an aromatic ring is 1. The Morgan fingerprint density at radius 2 is 1.08 bits per heavy atom. The number of nitrogens with two attached hydrogens (primary N) is 1. The van der Waals surface area contributed by atoms with Crippen LogP contribution in [0.1, 0.15) is 142 Å². The number of aromatic nitrogens is 11. The van der Waals surface area contributed by atoms with Gasteiger partial charge >= 0.3 is 0 Å². The van der Waals surface area contributed by atoms with Gasteiger partial charge in [0.15, 0.2) is 46.5 Å². The second kappa shape index (κ2) is 47.8. The summed E-state index contributed by atoms with van der Waals surface area (Å²) in [5.74, 6) is 1.04. The molecule has 11 aromatic rings. The third-order valence-electron chi connectivity index (χ3n) is 19.0. The first-order chi connectivity index (χ1) is 59.9. The van der Waals surface area contributed by atoms with E-state index in [0.717, 1.165) is 32.4 Å². The molecule has 1 aliphatic rings. The molecule has 37 nitrogen and oxygen atoms in total. The van der Waals surface area contributed by atoms with Crippen LogP contribution >= 0.6 is 0 Å². The Labute approximate surface area is 729 Å². The molecular weight excluding hydrogens is 1610 g/mol. The fourth-order valence-electron chi connectivity index (χ4n) is 12.7. The highest BCUT2D eigenvalue weighted by atomic mass is 16.3. The normalized spacial score (nSPS) is 12.2. The monoisotopic (exact) mass is 1710 g/mol. The van der Waals surface area contributed by atoms with Gasteiger partial charge < -0.3 is 55.9 Å². The van der Waals surface area contributed by atoms with Crippen molar-refractivity contribution in [2.24, 2.45) is 9.98 Å². The van der Waals surface area contributed by atoms with E-state index in [-0.39, 0.29) is 77.8 Å². The molecule has 0 aliphatic carbocycles. The number of hydrogen-bond acceptors (Lipinski definition) is 23. The van der Waals surface area contributed by atoms with E-state index in [9.17, 15) is 43.5 Å². The van der Waals surface area contributed by atoms with Crippen LogP contribution in [-0.2, 0) is 29.7 Å². The van der Waals surface area contributed by atoms with Crippen LogP contribution in [-0.4, -0.2) is 192 Å². The summed E-state index contributed by atoms with van der Waals surface area (Å²) >= 11 is 0. The van der Waals surface area contributed by atoms with Crippen LogP contribution in [0.25, 0.3) is 26.6 Å². The molecule has 1 aliphatic heterocycles. The quantitative estimate of drug-likeness (QED) is 0.00866. The summed E-state index contributed by atoms with van der Waals surface area (Å²) in [7, 11) is 7.75. The molecule has 6 aromatic heterocycles. The van der Waals surface area contributed by atoms with Gasteiger partial charge in [0, 0.05) is 161 Å². The van der Waals surface area contributed by atoms with Crippen LogP contribution in [0.4, 0.5) is 63.1 Å². The fourth-order valence-corrected chi connectivity index (χ4v) is 12.7. The van der Waals surface area contributed by atoms with E-state index in [0.29, 0.717) is 129 Å². The largest absolute Gasteiger partial charge is 0.870 e. The summed E-state index contributed by atoms with van der Waals surface area (Å²) in [6, 6.07) is 43.8. The number of nitriles is 3. The topological polar surface area (TPSA) is 489 Å². The molecule has 0 bridgehead atoms. The number of ketones is 3. The minimum absolute atomic E-state index is 0. The third kappa shape index (κ3) is 26.0. The summed E-state index contributed by atoms with van der Waals surface area (Å²) in [6.07, 6.45) is 15.4. The number of carbonyl (C=O) groups is 8. The number of nitrogens with one attached hydrogen (secondary N) is 6. The van der Waals surface area contributed by atoms with Crippen molar-refractivity contribution in [3.8, 4) is 29.5 Å². The maximum absolute atomic E-state index is 12.8. The molecular formula is C89H100N27O10+.